The Morgan fingerprint density at radius 2 is 2.19 bits per heavy atom. The van der Waals surface area contributed by atoms with E-state index in [2.05, 4.69) is 11.9 Å². The molecule has 0 aliphatic heterocycles. The normalized spacial score (nSPS) is 11.7. The highest BCUT2D eigenvalue weighted by Gasteiger charge is 2.24. The number of aliphatic carboxylic acids is 1. The zero-order valence-electron chi connectivity index (χ0n) is 11.5. The highest BCUT2D eigenvalue weighted by Crippen LogP contribution is 2.20. The Balaban J connectivity index is 3.07. The molecule has 0 radical (unpaired) electrons. The zero-order chi connectivity index (χ0) is 16.0. The predicted octanol–water partition coefficient (Wildman–Crippen LogP) is 1.70. The topological polar surface area (TPSA) is 110 Å². The number of hydrogen-bond donors (Lipinski definition) is 2. The average molecular weight is 292 g/mol. The van der Waals surface area contributed by atoms with E-state index in [4.69, 9.17) is 5.11 Å². The molecule has 0 aromatic heterocycles. The molecule has 1 rings (SSSR count). The molecule has 7 nitrogen and oxygen atoms in total. The lowest BCUT2D eigenvalue weighted by atomic mass is 9.99. The van der Waals surface area contributed by atoms with Crippen LogP contribution in [0.3, 0.4) is 0 Å². The number of nitro benzene ring substituents is 1. The number of nitrogens with zero attached hydrogens (tertiary/aromatic N) is 1. The summed E-state index contributed by atoms with van der Waals surface area (Å²) in [5.74, 6) is -1.63. The Kier molecular flexibility index (Phi) is 5.74. The molecule has 0 saturated heterocycles. The van der Waals surface area contributed by atoms with Crippen LogP contribution >= 0.6 is 0 Å². The van der Waals surface area contributed by atoms with E-state index in [0.717, 1.165) is 0 Å². The molecule has 7 heteroatoms. The van der Waals surface area contributed by atoms with Gasteiger partial charge in [-0.1, -0.05) is 18.2 Å². The largest absolute Gasteiger partial charge is 0.481 e. The van der Waals surface area contributed by atoms with E-state index in [0.29, 0.717) is 5.56 Å². The fourth-order valence-electron chi connectivity index (χ4n) is 1.82. The molecule has 0 aliphatic rings. The minimum absolute atomic E-state index is 0.107. The van der Waals surface area contributed by atoms with Gasteiger partial charge < -0.3 is 10.4 Å². The molecule has 0 bridgehead atoms. The van der Waals surface area contributed by atoms with Crippen LogP contribution in [-0.4, -0.2) is 34.4 Å². The number of carbonyl (C=O) groups is 2. The first-order valence-corrected chi connectivity index (χ1v) is 6.22. The molecular weight excluding hydrogens is 276 g/mol. The van der Waals surface area contributed by atoms with Gasteiger partial charge in [0.15, 0.2) is 5.78 Å². The highest BCUT2D eigenvalue weighted by molar-refractivity contribution is 6.02. The molecule has 0 amide bonds. The number of carbonyl (C=O) groups excluding carboxylic acids is 1. The van der Waals surface area contributed by atoms with Crippen molar-refractivity contribution in [1.29, 1.82) is 0 Å². The lowest BCUT2D eigenvalue weighted by Crippen LogP contribution is -2.38. The number of hydrogen-bond acceptors (Lipinski definition) is 5. The third kappa shape index (κ3) is 4.50. The van der Waals surface area contributed by atoms with Crippen LogP contribution in [0.15, 0.2) is 30.9 Å². The number of carboxylic acids is 1. The SMILES string of the molecule is C=CCNC(CC(=O)O)C(=O)c1ccc(C)c([N+](=O)[O-])c1. The molecular formula is C14H16N2O5. The summed E-state index contributed by atoms with van der Waals surface area (Å²) in [7, 11) is 0. The predicted molar refractivity (Wildman–Crippen MR) is 76.4 cm³/mol. The third-order valence-corrected chi connectivity index (χ3v) is 2.89. The molecule has 2 N–H and O–H groups in total. The average Bonchev–Trinajstić information content (AvgIpc) is 2.42. The summed E-state index contributed by atoms with van der Waals surface area (Å²) < 4.78 is 0. The molecule has 1 aromatic rings. The smallest absolute Gasteiger partial charge is 0.305 e. The summed E-state index contributed by atoms with van der Waals surface area (Å²) in [4.78, 5) is 33.4. The second kappa shape index (κ2) is 7.30. The molecule has 1 unspecified atom stereocenters. The fourth-order valence-corrected chi connectivity index (χ4v) is 1.82. The van der Waals surface area contributed by atoms with Gasteiger partial charge in [-0.05, 0) is 6.92 Å². The van der Waals surface area contributed by atoms with Gasteiger partial charge >= 0.3 is 5.97 Å². The van der Waals surface area contributed by atoms with E-state index in [9.17, 15) is 19.7 Å². The van der Waals surface area contributed by atoms with Gasteiger partial charge in [-0.25, -0.2) is 0 Å². The molecule has 0 fully saturated rings. The number of rotatable bonds is 8. The molecule has 112 valence electrons. The number of carboxylic acid groups (broad SMARTS) is 1. The van der Waals surface area contributed by atoms with Gasteiger partial charge in [-0.3, -0.25) is 19.7 Å². The van der Waals surface area contributed by atoms with Crippen LogP contribution < -0.4 is 5.32 Å². The third-order valence-electron chi connectivity index (χ3n) is 2.89. The fraction of sp³-hybridized carbons (Fsp3) is 0.286. The van der Waals surface area contributed by atoms with E-state index < -0.39 is 29.1 Å². The maximum Gasteiger partial charge on any atom is 0.305 e. The summed E-state index contributed by atoms with van der Waals surface area (Å²) in [5, 5.41) is 22.5. The number of ketones is 1. The quantitative estimate of drug-likeness (QED) is 0.326. The van der Waals surface area contributed by atoms with Crippen LogP contribution in [0.1, 0.15) is 22.3 Å². The molecule has 1 aromatic carbocycles. The summed E-state index contributed by atoms with van der Waals surface area (Å²) in [5.41, 5.74) is 0.374. The molecule has 0 heterocycles. The van der Waals surface area contributed by atoms with Crippen molar-refractivity contribution in [2.75, 3.05) is 6.54 Å². The Hall–Kier alpha value is -2.54. The lowest BCUT2D eigenvalue weighted by Gasteiger charge is -2.14. The number of Topliss-reactive ketones (excluding diaryl/α,β-unsaturated/α-hetero) is 1. The molecule has 0 spiro atoms. The maximum absolute atomic E-state index is 12.3. The van der Waals surface area contributed by atoms with Crippen molar-refractivity contribution in [2.45, 2.75) is 19.4 Å². The Morgan fingerprint density at radius 3 is 2.71 bits per heavy atom. The Morgan fingerprint density at radius 1 is 1.52 bits per heavy atom. The number of nitrogens with one attached hydrogen (secondary N) is 1. The highest BCUT2D eigenvalue weighted by atomic mass is 16.6. The van der Waals surface area contributed by atoms with Crippen LogP contribution in [0.25, 0.3) is 0 Å². The number of benzene rings is 1. The molecule has 1 atom stereocenters. The lowest BCUT2D eigenvalue weighted by molar-refractivity contribution is -0.385. The standard InChI is InChI=1S/C14H16N2O5/c1-3-6-15-11(8-13(17)18)14(19)10-5-4-9(2)12(7-10)16(20)21/h3-5,7,11,15H,1,6,8H2,2H3,(H,17,18). The molecule has 21 heavy (non-hydrogen) atoms. The van der Waals surface area contributed by atoms with Crippen molar-refractivity contribution < 1.29 is 19.6 Å². The summed E-state index contributed by atoms with van der Waals surface area (Å²) in [6.07, 6.45) is 1.09. The van der Waals surface area contributed by atoms with Gasteiger partial charge in [0.05, 0.1) is 17.4 Å². The van der Waals surface area contributed by atoms with Crippen molar-refractivity contribution in [3.8, 4) is 0 Å². The van der Waals surface area contributed by atoms with E-state index >= 15 is 0 Å². The number of aryl methyl sites for hydroxylation is 1. The number of nitro groups is 1. The second-order valence-corrected chi connectivity index (χ2v) is 4.47. The first-order chi connectivity index (χ1) is 9.86. The van der Waals surface area contributed by atoms with Crippen molar-refractivity contribution in [1.82, 2.24) is 5.32 Å². The van der Waals surface area contributed by atoms with Crippen molar-refractivity contribution in [3.05, 3.63) is 52.1 Å². The van der Waals surface area contributed by atoms with Crippen LogP contribution in [0.5, 0.6) is 0 Å². The van der Waals surface area contributed by atoms with Gasteiger partial charge in [0.25, 0.3) is 5.69 Å². The zero-order valence-corrected chi connectivity index (χ0v) is 11.5. The van der Waals surface area contributed by atoms with E-state index in [1.54, 1.807) is 6.92 Å². The monoisotopic (exact) mass is 292 g/mol. The minimum Gasteiger partial charge on any atom is -0.481 e. The summed E-state index contributed by atoms with van der Waals surface area (Å²) >= 11 is 0. The van der Waals surface area contributed by atoms with Crippen molar-refractivity contribution in [3.63, 3.8) is 0 Å². The van der Waals surface area contributed by atoms with Crippen LogP contribution in [-0.2, 0) is 4.79 Å². The first-order valence-electron chi connectivity index (χ1n) is 6.22. The first kappa shape index (κ1) is 16.5. The van der Waals surface area contributed by atoms with E-state index in [1.165, 1.54) is 24.3 Å². The van der Waals surface area contributed by atoms with Gasteiger partial charge in [0, 0.05) is 23.7 Å². The Labute approximate surface area is 121 Å². The summed E-state index contributed by atoms with van der Waals surface area (Å²) in [6, 6.07) is 3.14. The summed E-state index contributed by atoms with van der Waals surface area (Å²) in [6.45, 7) is 5.31. The van der Waals surface area contributed by atoms with Crippen LogP contribution in [0, 0.1) is 17.0 Å². The van der Waals surface area contributed by atoms with E-state index in [1.807, 2.05) is 0 Å². The molecule has 0 aliphatic carbocycles. The second-order valence-electron chi connectivity index (χ2n) is 4.47. The minimum atomic E-state index is -1.13. The molecule has 0 saturated carbocycles. The van der Waals surface area contributed by atoms with Gasteiger partial charge in [-0.15, -0.1) is 6.58 Å². The van der Waals surface area contributed by atoms with Crippen LogP contribution in [0.2, 0.25) is 0 Å². The maximum atomic E-state index is 12.3. The van der Waals surface area contributed by atoms with Gasteiger partial charge in [-0.2, -0.15) is 0 Å². The van der Waals surface area contributed by atoms with Crippen molar-refractivity contribution >= 4 is 17.4 Å². The van der Waals surface area contributed by atoms with Gasteiger partial charge in [0.2, 0.25) is 0 Å². The van der Waals surface area contributed by atoms with Crippen LogP contribution in [0.4, 0.5) is 5.69 Å². The van der Waals surface area contributed by atoms with Crippen molar-refractivity contribution in [2.24, 2.45) is 0 Å². The van der Waals surface area contributed by atoms with Gasteiger partial charge in [0.1, 0.15) is 0 Å². The van der Waals surface area contributed by atoms with E-state index in [-0.39, 0.29) is 17.8 Å². The Bertz CT molecular complexity index is 583.